The lowest BCUT2D eigenvalue weighted by atomic mass is 10.0. The normalized spacial score (nSPS) is 9.89. The summed E-state index contributed by atoms with van der Waals surface area (Å²) in [5, 5.41) is 1.15. The zero-order chi connectivity index (χ0) is 13.1. The fraction of sp³-hybridized carbons (Fsp3) is 0.0667. The van der Waals surface area contributed by atoms with Gasteiger partial charge in [0.2, 0.25) is 0 Å². The van der Waals surface area contributed by atoms with E-state index in [1.54, 1.807) is 13.2 Å². The molecular weight excluding hydrogens is 267 g/mol. The van der Waals surface area contributed by atoms with Gasteiger partial charge in [-0.15, -0.1) is 6.42 Å². The van der Waals surface area contributed by atoms with E-state index in [9.17, 15) is 0 Å². The first-order valence-electron chi connectivity index (χ1n) is 5.25. The average Bonchev–Trinajstić information content (AvgIpc) is 2.36. The minimum absolute atomic E-state index is 0.575. The lowest BCUT2D eigenvalue weighted by Crippen LogP contribution is -1.89. The second-order valence-corrected chi connectivity index (χ2v) is 4.59. The van der Waals surface area contributed by atoms with Crippen LogP contribution in [0.1, 0.15) is 5.56 Å². The summed E-state index contributed by atoms with van der Waals surface area (Å²) >= 11 is 12.0. The van der Waals surface area contributed by atoms with Crippen molar-refractivity contribution < 1.29 is 4.74 Å². The van der Waals surface area contributed by atoms with Crippen molar-refractivity contribution >= 4 is 23.2 Å². The minimum atomic E-state index is 0.575. The van der Waals surface area contributed by atoms with E-state index in [1.807, 2.05) is 30.3 Å². The third kappa shape index (κ3) is 2.61. The number of benzene rings is 2. The molecule has 2 rings (SSSR count). The maximum atomic E-state index is 6.00. The second-order valence-electron chi connectivity index (χ2n) is 3.72. The van der Waals surface area contributed by atoms with Crippen LogP contribution >= 0.6 is 23.2 Å². The zero-order valence-corrected chi connectivity index (χ0v) is 11.2. The van der Waals surface area contributed by atoms with E-state index in [0.29, 0.717) is 10.0 Å². The Labute approximate surface area is 116 Å². The van der Waals surface area contributed by atoms with Gasteiger partial charge in [0.05, 0.1) is 7.11 Å². The first-order chi connectivity index (χ1) is 8.63. The van der Waals surface area contributed by atoms with Crippen LogP contribution in [0.2, 0.25) is 10.0 Å². The number of terminal acetylenes is 1. The van der Waals surface area contributed by atoms with E-state index in [0.717, 1.165) is 22.4 Å². The van der Waals surface area contributed by atoms with Crippen molar-refractivity contribution in [3.05, 3.63) is 52.0 Å². The summed E-state index contributed by atoms with van der Waals surface area (Å²) in [4.78, 5) is 0. The quantitative estimate of drug-likeness (QED) is 0.726. The number of rotatable bonds is 2. The Morgan fingerprint density at radius 3 is 2.28 bits per heavy atom. The highest BCUT2D eigenvalue weighted by molar-refractivity contribution is 6.35. The lowest BCUT2D eigenvalue weighted by molar-refractivity contribution is 0.416. The van der Waals surface area contributed by atoms with Gasteiger partial charge in [0.25, 0.3) is 0 Å². The van der Waals surface area contributed by atoms with Gasteiger partial charge in [-0.25, -0.2) is 0 Å². The summed E-state index contributed by atoms with van der Waals surface area (Å²) in [6.45, 7) is 0. The van der Waals surface area contributed by atoms with Crippen LogP contribution in [0.25, 0.3) is 11.1 Å². The molecule has 0 atom stereocenters. The van der Waals surface area contributed by atoms with E-state index in [2.05, 4.69) is 5.92 Å². The van der Waals surface area contributed by atoms with Gasteiger partial charge in [-0.05, 0) is 42.0 Å². The number of hydrogen-bond acceptors (Lipinski definition) is 1. The molecule has 2 aromatic rings. The van der Waals surface area contributed by atoms with Crippen molar-refractivity contribution in [3.63, 3.8) is 0 Å². The van der Waals surface area contributed by atoms with Crippen LogP contribution < -0.4 is 4.74 Å². The van der Waals surface area contributed by atoms with Crippen LogP contribution in [0.15, 0.2) is 36.4 Å². The topological polar surface area (TPSA) is 9.23 Å². The predicted molar refractivity (Wildman–Crippen MR) is 76.4 cm³/mol. The molecule has 90 valence electrons. The molecule has 0 amide bonds. The molecule has 0 aliphatic rings. The largest absolute Gasteiger partial charge is 0.496 e. The van der Waals surface area contributed by atoms with Gasteiger partial charge >= 0.3 is 0 Å². The molecule has 18 heavy (non-hydrogen) atoms. The first-order valence-corrected chi connectivity index (χ1v) is 6.01. The number of ether oxygens (including phenoxy) is 1. The third-order valence-corrected chi connectivity index (χ3v) is 2.98. The van der Waals surface area contributed by atoms with E-state index in [1.165, 1.54) is 0 Å². The molecule has 0 radical (unpaired) electrons. The molecule has 0 aliphatic carbocycles. The van der Waals surface area contributed by atoms with Crippen molar-refractivity contribution in [2.75, 3.05) is 7.11 Å². The van der Waals surface area contributed by atoms with Crippen LogP contribution in [0.5, 0.6) is 5.75 Å². The summed E-state index contributed by atoms with van der Waals surface area (Å²) < 4.78 is 5.32. The Morgan fingerprint density at radius 2 is 1.72 bits per heavy atom. The predicted octanol–water partition coefficient (Wildman–Crippen LogP) is 4.65. The monoisotopic (exact) mass is 276 g/mol. The Balaban J connectivity index is 2.65. The molecule has 0 spiro atoms. The number of hydrogen-bond donors (Lipinski definition) is 0. The molecule has 1 nitrogen and oxygen atoms in total. The van der Waals surface area contributed by atoms with Gasteiger partial charge in [-0.3, -0.25) is 0 Å². The average molecular weight is 277 g/mol. The highest BCUT2D eigenvalue weighted by Gasteiger charge is 2.08. The van der Waals surface area contributed by atoms with Crippen LogP contribution in [0, 0.1) is 12.3 Å². The maximum absolute atomic E-state index is 6.00. The van der Waals surface area contributed by atoms with Gasteiger partial charge in [0.1, 0.15) is 5.75 Å². The van der Waals surface area contributed by atoms with Crippen LogP contribution in [-0.4, -0.2) is 7.11 Å². The Kier molecular flexibility index (Phi) is 3.81. The molecule has 0 aromatic heterocycles. The zero-order valence-electron chi connectivity index (χ0n) is 9.71. The van der Waals surface area contributed by atoms with Gasteiger partial charge in [0.15, 0.2) is 0 Å². The number of methoxy groups -OCH3 is 1. The second kappa shape index (κ2) is 5.35. The Bertz CT molecular complexity index is 607. The first kappa shape index (κ1) is 12.8. The van der Waals surface area contributed by atoms with E-state index < -0.39 is 0 Å². The highest BCUT2D eigenvalue weighted by Crippen LogP contribution is 2.34. The van der Waals surface area contributed by atoms with Gasteiger partial charge < -0.3 is 4.74 Å². The summed E-state index contributed by atoms with van der Waals surface area (Å²) in [5.41, 5.74) is 2.53. The van der Waals surface area contributed by atoms with E-state index >= 15 is 0 Å². The van der Waals surface area contributed by atoms with Crippen molar-refractivity contribution in [1.82, 2.24) is 0 Å². The van der Waals surface area contributed by atoms with E-state index in [-0.39, 0.29) is 0 Å². The molecular formula is C15H10Cl2O. The lowest BCUT2D eigenvalue weighted by Gasteiger charge is -2.10. The summed E-state index contributed by atoms with van der Waals surface area (Å²) in [6, 6.07) is 10.9. The van der Waals surface area contributed by atoms with Crippen LogP contribution in [-0.2, 0) is 0 Å². The molecule has 0 unspecified atom stereocenters. The van der Waals surface area contributed by atoms with Crippen molar-refractivity contribution in [1.29, 1.82) is 0 Å². The number of halogens is 2. The van der Waals surface area contributed by atoms with Crippen LogP contribution in [0.4, 0.5) is 0 Å². The summed E-state index contributed by atoms with van der Waals surface area (Å²) in [5.74, 6) is 3.33. The SMILES string of the molecule is C#Cc1ccc(OC)c(-c2cc(Cl)cc(Cl)c2)c1. The molecule has 0 N–H and O–H groups in total. The van der Waals surface area contributed by atoms with Crippen molar-refractivity contribution in [2.24, 2.45) is 0 Å². The highest BCUT2D eigenvalue weighted by atomic mass is 35.5. The Morgan fingerprint density at radius 1 is 1.06 bits per heavy atom. The molecule has 0 fully saturated rings. The fourth-order valence-corrected chi connectivity index (χ4v) is 2.26. The molecule has 0 heterocycles. The molecule has 0 aliphatic heterocycles. The Hall–Kier alpha value is -1.62. The van der Waals surface area contributed by atoms with Gasteiger partial charge in [0, 0.05) is 21.2 Å². The molecule has 0 saturated carbocycles. The standard InChI is InChI=1S/C15H10Cl2O/c1-3-10-4-5-15(18-2)14(6-10)11-7-12(16)9-13(17)8-11/h1,4-9H,2H3. The molecule has 2 aromatic carbocycles. The maximum Gasteiger partial charge on any atom is 0.126 e. The molecule has 3 heteroatoms. The smallest absolute Gasteiger partial charge is 0.126 e. The van der Waals surface area contributed by atoms with Gasteiger partial charge in [-0.1, -0.05) is 29.1 Å². The van der Waals surface area contributed by atoms with Gasteiger partial charge in [-0.2, -0.15) is 0 Å². The van der Waals surface area contributed by atoms with E-state index in [4.69, 9.17) is 34.4 Å². The summed E-state index contributed by atoms with van der Waals surface area (Å²) in [7, 11) is 1.61. The fourth-order valence-electron chi connectivity index (χ4n) is 1.73. The summed E-state index contributed by atoms with van der Waals surface area (Å²) in [6.07, 6.45) is 5.41. The third-order valence-electron chi connectivity index (χ3n) is 2.54. The van der Waals surface area contributed by atoms with Crippen molar-refractivity contribution in [3.8, 4) is 29.2 Å². The molecule has 0 bridgehead atoms. The minimum Gasteiger partial charge on any atom is -0.496 e. The van der Waals surface area contributed by atoms with Crippen LogP contribution in [0.3, 0.4) is 0 Å². The molecule has 0 saturated heterocycles. The van der Waals surface area contributed by atoms with Crippen molar-refractivity contribution in [2.45, 2.75) is 0 Å².